The lowest BCUT2D eigenvalue weighted by Gasteiger charge is -2.38. The number of carboxylic acid groups (broad SMARTS) is 2. The van der Waals surface area contributed by atoms with Gasteiger partial charge in [0.05, 0.1) is 30.2 Å². The first-order valence-corrected chi connectivity index (χ1v) is 11.6. The van der Waals surface area contributed by atoms with Crippen LogP contribution in [0.5, 0.6) is 0 Å². The molecule has 0 bridgehead atoms. The van der Waals surface area contributed by atoms with E-state index in [4.69, 9.17) is 24.2 Å². The van der Waals surface area contributed by atoms with E-state index in [9.17, 15) is 31.1 Å². The monoisotopic (exact) mass is 567 g/mol. The average molecular weight is 567 g/mol. The molecule has 2 N–H and O–H groups in total. The van der Waals surface area contributed by atoms with Gasteiger partial charge in [0.15, 0.2) is 0 Å². The minimum Gasteiger partial charge on any atom is -0.475 e. The molecule has 39 heavy (non-hydrogen) atoms. The van der Waals surface area contributed by atoms with Gasteiger partial charge in [-0.15, -0.1) is 0 Å². The Labute approximate surface area is 219 Å². The van der Waals surface area contributed by atoms with Gasteiger partial charge in [-0.05, 0) is 50.9 Å². The number of carboxylic acids is 2. The van der Waals surface area contributed by atoms with Gasteiger partial charge in [-0.3, -0.25) is 14.7 Å². The molecular weight excluding hydrogens is 540 g/mol. The molecule has 2 aliphatic rings. The van der Waals surface area contributed by atoms with E-state index < -0.39 is 24.3 Å². The van der Waals surface area contributed by atoms with Gasteiger partial charge in [-0.25, -0.2) is 9.59 Å². The highest BCUT2D eigenvalue weighted by molar-refractivity contribution is 5.85. The lowest BCUT2D eigenvalue weighted by molar-refractivity contribution is -0.193. The average Bonchev–Trinajstić information content (AvgIpc) is 3.43. The molecule has 1 amide bonds. The van der Waals surface area contributed by atoms with Crippen molar-refractivity contribution in [2.45, 2.75) is 51.6 Å². The molecule has 2 aromatic heterocycles. The predicted octanol–water partition coefficient (Wildman–Crippen LogP) is 4.26. The quantitative estimate of drug-likeness (QED) is 0.526. The molecule has 1 spiro atoms. The van der Waals surface area contributed by atoms with Crippen LogP contribution in [0.1, 0.15) is 36.2 Å². The lowest BCUT2D eigenvalue weighted by Crippen LogP contribution is -2.47. The number of likely N-dealkylation sites (tertiary alicyclic amines) is 2. The summed E-state index contributed by atoms with van der Waals surface area (Å²) < 4.78 is 68.7. The molecule has 0 aromatic carbocycles. The molecule has 9 nitrogen and oxygen atoms in total. The van der Waals surface area contributed by atoms with E-state index in [-0.39, 0.29) is 5.41 Å². The summed E-state index contributed by atoms with van der Waals surface area (Å²) in [4.78, 5) is 39.9. The summed E-state index contributed by atoms with van der Waals surface area (Å²) in [5.74, 6) is -5.20. The second-order valence-electron chi connectivity index (χ2n) is 9.08. The number of nitrogens with zero attached hydrogens (tertiary/aromatic N) is 3. The zero-order chi connectivity index (χ0) is 29.4. The fourth-order valence-electron chi connectivity index (χ4n) is 4.31. The highest BCUT2D eigenvalue weighted by Gasteiger charge is 2.48. The van der Waals surface area contributed by atoms with Crippen LogP contribution >= 0.6 is 0 Å². The molecule has 1 atom stereocenters. The van der Waals surface area contributed by atoms with Crippen molar-refractivity contribution in [1.29, 1.82) is 0 Å². The van der Waals surface area contributed by atoms with Gasteiger partial charge in [0.1, 0.15) is 0 Å². The number of hydrogen-bond donors (Lipinski definition) is 2. The molecule has 1 unspecified atom stereocenters. The molecule has 0 radical (unpaired) electrons. The minimum atomic E-state index is -5.08. The largest absolute Gasteiger partial charge is 0.490 e. The number of carbonyl (C=O) groups excluding carboxylic acids is 1. The van der Waals surface area contributed by atoms with E-state index in [1.807, 2.05) is 36.1 Å². The second kappa shape index (κ2) is 13.0. The van der Waals surface area contributed by atoms with Crippen LogP contribution in [0.25, 0.3) is 0 Å². The molecule has 2 saturated heterocycles. The van der Waals surface area contributed by atoms with Crippen LogP contribution in [0.2, 0.25) is 0 Å². The Kier molecular flexibility index (Phi) is 10.5. The number of hydrogen-bond acceptors (Lipinski definition) is 6. The topological polar surface area (TPSA) is 124 Å². The van der Waals surface area contributed by atoms with Gasteiger partial charge < -0.3 is 19.5 Å². The zero-order valence-electron chi connectivity index (χ0n) is 20.8. The van der Waals surface area contributed by atoms with Crippen LogP contribution in [0.15, 0.2) is 41.2 Å². The Balaban J connectivity index is 0.000000317. The summed E-state index contributed by atoms with van der Waals surface area (Å²) in [5.41, 5.74) is 2.97. The van der Waals surface area contributed by atoms with Crippen molar-refractivity contribution in [3.63, 3.8) is 0 Å². The number of pyridine rings is 1. The number of aromatic nitrogens is 1. The van der Waals surface area contributed by atoms with Crippen molar-refractivity contribution < 1.29 is 55.4 Å². The van der Waals surface area contributed by atoms with Crippen molar-refractivity contribution >= 4 is 17.8 Å². The smallest absolute Gasteiger partial charge is 0.475 e. The van der Waals surface area contributed by atoms with Gasteiger partial charge in [0, 0.05) is 30.9 Å². The molecular formula is C24H27F6N3O6. The van der Waals surface area contributed by atoms with Crippen molar-refractivity contribution in [1.82, 2.24) is 14.8 Å². The third kappa shape index (κ3) is 9.57. The van der Waals surface area contributed by atoms with Gasteiger partial charge >= 0.3 is 24.3 Å². The predicted molar refractivity (Wildman–Crippen MR) is 122 cm³/mol. The van der Waals surface area contributed by atoms with Crippen LogP contribution in [0, 0.1) is 12.3 Å². The zero-order valence-corrected chi connectivity index (χ0v) is 20.8. The number of amides is 1. The van der Waals surface area contributed by atoms with Crippen LogP contribution in [0.3, 0.4) is 0 Å². The molecule has 4 heterocycles. The van der Waals surface area contributed by atoms with Gasteiger partial charge in [0.2, 0.25) is 5.91 Å². The molecule has 4 rings (SSSR count). The molecule has 2 fully saturated rings. The number of halogens is 6. The summed E-state index contributed by atoms with van der Waals surface area (Å²) >= 11 is 0. The Bertz CT molecular complexity index is 1100. The fraction of sp³-hybridized carbons (Fsp3) is 0.500. The van der Waals surface area contributed by atoms with E-state index in [0.717, 1.165) is 56.8 Å². The van der Waals surface area contributed by atoms with Crippen molar-refractivity contribution in [2.75, 3.05) is 19.6 Å². The first kappa shape index (κ1) is 31.6. The molecule has 15 heteroatoms. The molecule has 2 aliphatic heterocycles. The summed E-state index contributed by atoms with van der Waals surface area (Å²) in [6.07, 6.45) is -3.61. The number of alkyl halides is 6. The summed E-state index contributed by atoms with van der Waals surface area (Å²) in [6.45, 7) is 6.24. The number of furan rings is 1. The maximum Gasteiger partial charge on any atom is 0.490 e. The lowest BCUT2D eigenvalue weighted by atomic mass is 9.78. The number of piperidine rings is 1. The van der Waals surface area contributed by atoms with E-state index in [1.54, 1.807) is 12.5 Å². The Morgan fingerprint density at radius 1 is 1.00 bits per heavy atom. The summed E-state index contributed by atoms with van der Waals surface area (Å²) in [7, 11) is 0. The van der Waals surface area contributed by atoms with Crippen LogP contribution < -0.4 is 0 Å². The maximum atomic E-state index is 13.2. The molecule has 216 valence electrons. The van der Waals surface area contributed by atoms with E-state index in [0.29, 0.717) is 12.5 Å². The SMILES string of the molecule is Cc1cccc(CN2CCC3(CCCN(Cc4ccoc4)C3)C2=O)n1.O=C(O)C(F)(F)F.O=C(O)C(F)(F)F. The number of carbonyl (C=O) groups is 3. The first-order chi connectivity index (χ1) is 18.0. The number of aliphatic carboxylic acids is 2. The third-order valence-corrected chi connectivity index (χ3v) is 6.03. The standard InChI is InChI=1S/C20H25N3O2.2C2HF3O2/c1-16-4-2-5-18(21-16)13-23-10-8-20(19(23)24)7-3-9-22(15-20)12-17-6-11-25-14-17;2*3-2(4,5)1(6)7/h2,4-6,11,14H,3,7-10,12-13,15H2,1H3;2*(H,6,7). The molecule has 0 aliphatic carbocycles. The normalized spacial score (nSPS) is 19.7. The minimum absolute atomic E-state index is 0.203. The summed E-state index contributed by atoms with van der Waals surface area (Å²) in [6, 6.07) is 8.03. The van der Waals surface area contributed by atoms with Gasteiger partial charge in [-0.2, -0.15) is 26.3 Å². The number of rotatable bonds is 4. The second-order valence-corrected chi connectivity index (χ2v) is 9.08. The van der Waals surface area contributed by atoms with Crippen LogP contribution in [-0.4, -0.2) is 74.8 Å². The van der Waals surface area contributed by atoms with Crippen molar-refractivity contribution in [2.24, 2.45) is 5.41 Å². The molecule has 0 saturated carbocycles. The third-order valence-electron chi connectivity index (χ3n) is 6.03. The fourth-order valence-corrected chi connectivity index (χ4v) is 4.31. The summed E-state index contributed by atoms with van der Waals surface area (Å²) in [5, 5.41) is 14.2. The van der Waals surface area contributed by atoms with Crippen molar-refractivity contribution in [3.05, 3.63) is 53.7 Å². The number of aryl methyl sites for hydroxylation is 1. The van der Waals surface area contributed by atoms with E-state index >= 15 is 0 Å². The maximum absolute atomic E-state index is 13.2. The Hall–Kier alpha value is -3.62. The van der Waals surface area contributed by atoms with Crippen LogP contribution in [0.4, 0.5) is 26.3 Å². The van der Waals surface area contributed by atoms with E-state index in [1.165, 1.54) is 5.56 Å². The van der Waals surface area contributed by atoms with Gasteiger partial charge in [0.25, 0.3) is 0 Å². The molecule has 2 aromatic rings. The Morgan fingerprint density at radius 2 is 1.62 bits per heavy atom. The van der Waals surface area contributed by atoms with E-state index in [2.05, 4.69) is 9.88 Å². The highest BCUT2D eigenvalue weighted by Crippen LogP contribution is 2.41. The highest BCUT2D eigenvalue weighted by atomic mass is 19.4. The first-order valence-electron chi connectivity index (χ1n) is 11.6. The van der Waals surface area contributed by atoms with Crippen LogP contribution in [-0.2, 0) is 27.5 Å². The Morgan fingerprint density at radius 3 is 2.13 bits per heavy atom. The van der Waals surface area contributed by atoms with Crippen molar-refractivity contribution in [3.8, 4) is 0 Å². The van der Waals surface area contributed by atoms with Gasteiger partial charge in [-0.1, -0.05) is 6.07 Å².